The van der Waals surface area contributed by atoms with Crippen LogP contribution in [0, 0.1) is 5.92 Å². The van der Waals surface area contributed by atoms with Crippen molar-refractivity contribution in [3.05, 3.63) is 54.0 Å². The smallest absolute Gasteiger partial charge is 0.168 e. The Morgan fingerprint density at radius 1 is 1.09 bits per heavy atom. The second-order valence-corrected chi connectivity index (χ2v) is 2.57. The van der Waals surface area contributed by atoms with Gasteiger partial charge in [0.15, 0.2) is 0 Å². The summed E-state index contributed by atoms with van der Waals surface area (Å²) in [6.07, 6.45) is 16.0. The fraction of sp³-hybridized carbons (Fsp3) is 0.100. The fourth-order valence-electron chi connectivity index (χ4n) is 1.24. The maximum atomic E-state index is 2.16. The first-order valence-corrected chi connectivity index (χ1v) is 3.53. The molecule has 2 aliphatic carbocycles. The van der Waals surface area contributed by atoms with E-state index < -0.39 is 0 Å². The van der Waals surface area contributed by atoms with Crippen molar-refractivity contribution >= 4 is 0 Å². The van der Waals surface area contributed by atoms with Gasteiger partial charge in [-0.25, -0.2) is 0 Å². The normalized spacial score (nSPS) is 18.9. The van der Waals surface area contributed by atoms with Gasteiger partial charge in [-0.2, -0.15) is 30.2 Å². The summed E-state index contributed by atoms with van der Waals surface area (Å²) in [7, 11) is 0. The molecule has 0 fully saturated rings. The summed E-state index contributed by atoms with van der Waals surface area (Å²) >= 11 is 0. The van der Waals surface area contributed by atoms with Crippen molar-refractivity contribution in [2.24, 2.45) is 0 Å². The third-order valence-electron chi connectivity index (χ3n) is 1.76. The topological polar surface area (TPSA) is 0 Å². The molecule has 11 heavy (non-hydrogen) atoms. The zero-order valence-corrected chi connectivity index (χ0v) is 8.75. The van der Waals surface area contributed by atoms with Crippen LogP contribution in [-0.2, 0) is 0 Å². The van der Waals surface area contributed by atoms with Crippen LogP contribution < -0.4 is 29.6 Å². The van der Waals surface area contributed by atoms with E-state index in [0.29, 0.717) is 0 Å². The molecule has 0 spiro atoms. The van der Waals surface area contributed by atoms with E-state index in [0.717, 1.165) is 6.42 Å². The van der Waals surface area contributed by atoms with Crippen LogP contribution in [0.15, 0.2) is 48.1 Å². The largest absolute Gasteiger partial charge is 1.00 e. The van der Waals surface area contributed by atoms with Crippen molar-refractivity contribution < 1.29 is 29.6 Å². The van der Waals surface area contributed by atoms with Crippen molar-refractivity contribution in [1.29, 1.82) is 0 Å². The Balaban J connectivity index is 0.000000605. The van der Waals surface area contributed by atoms with Crippen LogP contribution in [0.5, 0.6) is 0 Å². The molecule has 2 bridgehead atoms. The summed E-state index contributed by atoms with van der Waals surface area (Å²) in [6, 6.07) is 0. The molecule has 0 saturated heterocycles. The minimum absolute atomic E-state index is 0. The van der Waals surface area contributed by atoms with Crippen LogP contribution in [0.3, 0.4) is 0 Å². The van der Waals surface area contributed by atoms with Crippen molar-refractivity contribution in [2.45, 2.75) is 6.42 Å². The van der Waals surface area contributed by atoms with E-state index in [-0.39, 0.29) is 29.6 Å². The molecule has 0 radical (unpaired) electrons. The molecule has 50 valence electrons. The van der Waals surface area contributed by atoms with Gasteiger partial charge in [-0.15, -0.1) is 12.2 Å². The summed E-state index contributed by atoms with van der Waals surface area (Å²) in [6.45, 7) is 0. The van der Waals surface area contributed by atoms with Crippen LogP contribution in [-0.4, -0.2) is 0 Å². The van der Waals surface area contributed by atoms with Crippen LogP contribution in [0.25, 0.3) is 0 Å². The van der Waals surface area contributed by atoms with Gasteiger partial charge in [0.25, 0.3) is 0 Å². The SMILES string of the molecule is C1=CC2=CC=C[C-](C=C1)C2.[Na+]. The van der Waals surface area contributed by atoms with E-state index in [1.165, 1.54) is 11.5 Å². The molecule has 0 aromatic rings. The number of fused-ring (bicyclic) bond motifs is 2. The first-order valence-electron chi connectivity index (χ1n) is 3.53. The van der Waals surface area contributed by atoms with E-state index >= 15 is 0 Å². The predicted molar refractivity (Wildman–Crippen MR) is 43.4 cm³/mol. The average Bonchev–Trinajstić information content (AvgIpc) is 2.12. The molecule has 0 unspecified atom stereocenters. The first-order chi connectivity index (χ1) is 4.95. The molecule has 0 N–H and O–H groups in total. The van der Waals surface area contributed by atoms with E-state index in [2.05, 4.69) is 42.5 Å². The Morgan fingerprint density at radius 3 is 2.82 bits per heavy atom. The van der Waals surface area contributed by atoms with Crippen molar-refractivity contribution in [1.82, 2.24) is 0 Å². The monoisotopic (exact) mass is 152 g/mol. The average molecular weight is 152 g/mol. The molecule has 2 aliphatic rings. The molecule has 1 heteroatoms. The quantitative estimate of drug-likeness (QED) is 0.326. The maximum absolute atomic E-state index is 2.16. The maximum Gasteiger partial charge on any atom is 1.00 e. The van der Waals surface area contributed by atoms with Gasteiger partial charge in [-0.05, 0) is 6.42 Å². The number of hydrogen-bond acceptors (Lipinski definition) is 0. The van der Waals surface area contributed by atoms with Crippen LogP contribution in [0.2, 0.25) is 0 Å². The molecule has 0 atom stereocenters. The molecule has 0 aromatic heterocycles. The van der Waals surface area contributed by atoms with E-state index in [4.69, 9.17) is 0 Å². The summed E-state index contributed by atoms with van der Waals surface area (Å²) in [5, 5.41) is 0. The Labute approximate surface area is 89.7 Å². The van der Waals surface area contributed by atoms with Gasteiger partial charge in [0.2, 0.25) is 0 Å². The third-order valence-corrected chi connectivity index (χ3v) is 1.76. The number of rotatable bonds is 0. The van der Waals surface area contributed by atoms with Crippen LogP contribution in [0.1, 0.15) is 6.42 Å². The Hall–Kier alpha value is -0.170. The van der Waals surface area contributed by atoms with E-state index in [1.807, 2.05) is 0 Å². The van der Waals surface area contributed by atoms with Crippen LogP contribution >= 0.6 is 0 Å². The van der Waals surface area contributed by atoms with Crippen molar-refractivity contribution in [3.8, 4) is 0 Å². The van der Waals surface area contributed by atoms with Crippen molar-refractivity contribution in [2.75, 3.05) is 0 Å². The minimum atomic E-state index is 0. The van der Waals surface area contributed by atoms with Crippen LogP contribution in [0.4, 0.5) is 0 Å². The Bertz CT molecular complexity index is 236. The number of hydrogen-bond donors (Lipinski definition) is 0. The summed E-state index contributed by atoms with van der Waals surface area (Å²) in [5.74, 6) is 1.41. The standard InChI is InChI=1S/C10H9.Na/c1-2-5-10-7-3-6-9(4-1)8-10;/h1-7H,8H2;/q-1;+1. The summed E-state index contributed by atoms with van der Waals surface area (Å²) < 4.78 is 0. The molecular weight excluding hydrogens is 143 g/mol. The molecule has 0 heterocycles. The summed E-state index contributed by atoms with van der Waals surface area (Å²) in [5.41, 5.74) is 1.41. The molecule has 2 rings (SSSR count). The van der Waals surface area contributed by atoms with Gasteiger partial charge < -0.3 is 0 Å². The van der Waals surface area contributed by atoms with E-state index in [9.17, 15) is 0 Å². The van der Waals surface area contributed by atoms with Gasteiger partial charge in [0.05, 0.1) is 0 Å². The second kappa shape index (κ2) is 4.01. The molecule has 0 aromatic carbocycles. The minimum Gasteiger partial charge on any atom is -0.168 e. The number of allylic oxidation sites excluding steroid dienone is 8. The van der Waals surface area contributed by atoms with Gasteiger partial charge in [-0.1, -0.05) is 11.6 Å². The van der Waals surface area contributed by atoms with Gasteiger partial charge in [0.1, 0.15) is 0 Å². The zero-order chi connectivity index (χ0) is 6.81. The fourth-order valence-corrected chi connectivity index (χ4v) is 1.24. The van der Waals surface area contributed by atoms with E-state index in [1.54, 1.807) is 0 Å². The first kappa shape index (κ1) is 8.92. The Kier molecular flexibility index (Phi) is 3.25. The molecule has 0 saturated carbocycles. The molecular formula is C10H9Na. The zero-order valence-electron chi connectivity index (χ0n) is 6.75. The third kappa shape index (κ3) is 2.13. The molecule has 0 amide bonds. The summed E-state index contributed by atoms with van der Waals surface area (Å²) in [4.78, 5) is 0. The Morgan fingerprint density at radius 2 is 1.91 bits per heavy atom. The second-order valence-electron chi connectivity index (χ2n) is 2.57. The van der Waals surface area contributed by atoms with Crippen molar-refractivity contribution in [3.63, 3.8) is 0 Å². The van der Waals surface area contributed by atoms with Gasteiger partial charge in [-0.3, -0.25) is 0 Å². The van der Waals surface area contributed by atoms with Gasteiger partial charge >= 0.3 is 29.6 Å². The molecule has 0 nitrogen and oxygen atoms in total. The van der Waals surface area contributed by atoms with Gasteiger partial charge in [0, 0.05) is 0 Å². The molecule has 0 aliphatic heterocycles. The predicted octanol–water partition coefficient (Wildman–Crippen LogP) is -0.423.